The Morgan fingerprint density at radius 3 is 2.66 bits per heavy atom. The Morgan fingerprint density at radius 1 is 1.20 bits per heavy atom. The smallest absolute Gasteiger partial charge is 0.338 e. The number of ether oxygens (including phenoxy) is 1. The fourth-order valence-corrected chi connectivity index (χ4v) is 5.18. The molecule has 2 N–H and O–H groups in total. The monoisotopic (exact) mass is 486 g/mol. The SMILES string of the molecule is CCOC(=O)C1=C(C)N=c2sc(=Cc3cn[nH]c3-c3ccccc3)c(=O)n2C1c1ccc(O)cc1. The Morgan fingerprint density at radius 2 is 1.94 bits per heavy atom. The molecule has 8 nitrogen and oxygen atoms in total. The van der Waals surface area contributed by atoms with E-state index in [1.165, 1.54) is 28.0 Å². The number of hydrogen-bond donors (Lipinski definition) is 2. The summed E-state index contributed by atoms with van der Waals surface area (Å²) in [7, 11) is 0. The molecular weight excluding hydrogens is 464 g/mol. The van der Waals surface area contributed by atoms with Gasteiger partial charge >= 0.3 is 5.97 Å². The number of aromatic amines is 1. The van der Waals surface area contributed by atoms with Crippen LogP contribution in [-0.2, 0) is 9.53 Å². The Hall–Kier alpha value is -4.24. The maximum atomic E-state index is 13.7. The van der Waals surface area contributed by atoms with Crippen LogP contribution < -0.4 is 14.9 Å². The van der Waals surface area contributed by atoms with Crippen LogP contribution in [0.5, 0.6) is 5.75 Å². The van der Waals surface area contributed by atoms with Crippen LogP contribution in [0.25, 0.3) is 17.3 Å². The van der Waals surface area contributed by atoms with Gasteiger partial charge in [-0.05, 0) is 37.6 Å². The van der Waals surface area contributed by atoms with Crippen LogP contribution in [0.3, 0.4) is 0 Å². The third kappa shape index (κ3) is 4.10. The number of benzene rings is 2. The molecule has 0 spiro atoms. The number of fused-ring (bicyclic) bond motifs is 1. The van der Waals surface area contributed by atoms with E-state index in [1.54, 1.807) is 38.3 Å². The standard InChI is InChI=1S/C26H22N4O4S/c1-3-34-25(33)21-15(2)28-26-30(23(21)17-9-11-19(31)12-10-17)24(32)20(35-26)13-18-14-27-29-22(18)16-7-5-4-6-8-16/h4-14,23,31H,3H2,1-2H3,(H,27,29). The normalized spacial score (nSPS) is 15.6. The highest BCUT2D eigenvalue weighted by molar-refractivity contribution is 7.07. The zero-order chi connectivity index (χ0) is 24.5. The highest BCUT2D eigenvalue weighted by Crippen LogP contribution is 2.31. The molecule has 5 rings (SSSR count). The van der Waals surface area contributed by atoms with Crippen molar-refractivity contribution in [3.05, 3.63) is 103 Å². The summed E-state index contributed by atoms with van der Waals surface area (Å²) < 4.78 is 7.28. The molecule has 1 atom stereocenters. The summed E-state index contributed by atoms with van der Waals surface area (Å²) >= 11 is 1.25. The van der Waals surface area contributed by atoms with E-state index in [0.717, 1.165) is 16.8 Å². The average molecular weight is 487 g/mol. The molecule has 0 bridgehead atoms. The number of thiazole rings is 1. The summed E-state index contributed by atoms with van der Waals surface area (Å²) in [6.07, 6.45) is 3.46. The second-order valence-corrected chi connectivity index (χ2v) is 8.97. The zero-order valence-corrected chi connectivity index (χ0v) is 19.9. The predicted octanol–water partition coefficient (Wildman–Crippen LogP) is 2.89. The first-order valence-electron chi connectivity index (χ1n) is 11.0. The lowest BCUT2D eigenvalue weighted by Gasteiger charge is -2.24. The Kier molecular flexibility index (Phi) is 5.92. The van der Waals surface area contributed by atoms with E-state index in [4.69, 9.17) is 4.74 Å². The van der Waals surface area contributed by atoms with E-state index in [1.807, 2.05) is 30.3 Å². The minimum Gasteiger partial charge on any atom is -0.508 e. The molecular formula is C26H22N4O4S. The molecule has 9 heteroatoms. The number of phenolic OH excluding ortho intramolecular Hbond substituents is 1. The van der Waals surface area contributed by atoms with Crippen molar-refractivity contribution in [3.8, 4) is 17.0 Å². The molecule has 0 aliphatic carbocycles. The number of rotatable bonds is 5. The molecule has 1 aliphatic heterocycles. The number of allylic oxidation sites excluding steroid dienone is 1. The quantitative estimate of drug-likeness (QED) is 0.422. The fraction of sp³-hybridized carbons (Fsp3) is 0.154. The largest absolute Gasteiger partial charge is 0.508 e. The lowest BCUT2D eigenvalue weighted by molar-refractivity contribution is -0.139. The number of hydrogen-bond acceptors (Lipinski definition) is 7. The average Bonchev–Trinajstić information content (AvgIpc) is 3.44. The van der Waals surface area contributed by atoms with Gasteiger partial charge < -0.3 is 9.84 Å². The topological polar surface area (TPSA) is 110 Å². The summed E-state index contributed by atoms with van der Waals surface area (Å²) in [6.45, 7) is 3.67. The van der Waals surface area contributed by atoms with E-state index >= 15 is 0 Å². The molecule has 176 valence electrons. The molecule has 1 unspecified atom stereocenters. The van der Waals surface area contributed by atoms with Gasteiger partial charge in [0.15, 0.2) is 4.80 Å². The Bertz CT molecular complexity index is 1610. The van der Waals surface area contributed by atoms with Crippen molar-refractivity contribution in [2.45, 2.75) is 19.9 Å². The maximum absolute atomic E-state index is 13.7. The second-order valence-electron chi connectivity index (χ2n) is 7.96. The molecule has 2 aromatic heterocycles. The number of aromatic nitrogens is 3. The molecule has 3 heterocycles. The van der Waals surface area contributed by atoms with Gasteiger partial charge in [0, 0.05) is 11.1 Å². The van der Waals surface area contributed by atoms with Crippen LogP contribution in [0.2, 0.25) is 0 Å². The van der Waals surface area contributed by atoms with Crippen LogP contribution in [0.1, 0.15) is 31.0 Å². The molecule has 0 fully saturated rings. The van der Waals surface area contributed by atoms with E-state index in [2.05, 4.69) is 15.2 Å². The highest BCUT2D eigenvalue weighted by atomic mass is 32.1. The van der Waals surface area contributed by atoms with Crippen molar-refractivity contribution in [3.63, 3.8) is 0 Å². The zero-order valence-electron chi connectivity index (χ0n) is 19.1. The van der Waals surface area contributed by atoms with Crippen molar-refractivity contribution in [2.24, 2.45) is 4.99 Å². The molecule has 0 saturated heterocycles. The van der Waals surface area contributed by atoms with Crippen LogP contribution in [0.15, 0.2) is 81.9 Å². The van der Waals surface area contributed by atoms with Gasteiger partial charge in [0.2, 0.25) is 0 Å². The van der Waals surface area contributed by atoms with E-state index in [9.17, 15) is 14.7 Å². The first-order chi connectivity index (χ1) is 17.0. The Balaban J connectivity index is 1.70. The van der Waals surface area contributed by atoms with Crippen LogP contribution in [0, 0.1) is 0 Å². The molecule has 35 heavy (non-hydrogen) atoms. The molecule has 4 aromatic rings. The Labute approximate surface area is 204 Å². The number of H-pyrrole nitrogens is 1. The first kappa shape index (κ1) is 22.5. The van der Waals surface area contributed by atoms with E-state index in [-0.39, 0.29) is 17.9 Å². The van der Waals surface area contributed by atoms with Gasteiger partial charge in [-0.2, -0.15) is 5.10 Å². The number of nitrogens with one attached hydrogen (secondary N) is 1. The summed E-state index contributed by atoms with van der Waals surface area (Å²) in [5.74, 6) is -0.435. The van der Waals surface area contributed by atoms with Crippen molar-refractivity contribution in [1.29, 1.82) is 0 Å². The lowest BCUT2D eigenvalue weighted by Crippen LogP contribution is -2.39. The third-order valence-electron chi connectivity index (χ3n) is 5.74. The van der Waals surface area contributed by atoms with Crippen LogP contribution in [0.4, 0.5) is 0 Å². The lowest BCUT2D eigenvalue weighted by atomic mass is 9.96. The molecule has 2 aromatic carbocycles. The minimum absolute atomic E-state index is 0.0907. The fourth-order valence-electron chi connectivity index (χ4n) is 4.15. The summed E-state index contributed by atoms with van der Waals surface area (Å²) in [6, 6.07) is 15.4. The van der Waals surface area contributed by atoms with Gasteiger partial charge in [-0.3, -0.25) is 14.5 Å². The maximum Gasteiger partial charge on any atom is 0.338 e. The van der Waals surface area contributed by atoms with Crippen LogP contribution in [-0.4, -0.2) is 32.4 Å². The molecule has 0 amide bonds. The predicted molar refractivity (Wildman–Crippen MR) is 133 cm³/mol. The summed E-state index contributed by atoms with van der Waals surface area (Å²) in [4.78, 5) is 31.7. The second kappa shape index (κ2) is 9.19. The van der Waals surface area contributed by atoms with Gasteiger partial charge in [0.05, 0.1) is 40.3 Å². The van der Waals surface area contributed by atoms with Crippen LogP contribution >= 0.6 is 11.3 Å². The van der Waals surface area contributed by atoms with Gasteiger partial charge in [0.25, 0.3) is 5.56 Å². The first-order valence-corrected chi connectivity index (χ1v) is 11.9. The van der Waals surface area contributed by atoms with Crippen molar-refractivity contribution in [2.75, 3.05) is 6.61 Å². The number of carbonyl (C=O) groups is 1. The van der Waals surface area contributed by atoms with Crippen molar-refractivity contribution >= 4 is 23.4 Å². The van der Waals surface area contributed by atoms with Crippen molar-refractivity contribution in [1.82, 2.24) is 14.8 Å². The number of aromatic hydroxyl groups is 1. The highest BCUT2D eigenvalue weighted by Gasteiger charge is 2.33. The van der Waals surface area contributed by atoms with Gasteiger partial charge in [-0.25, -0.2) is 9.79 Å². The number of carbonyl (C=O) groups excluding carboxylic acids is 1. The van der Waals surface area contributed by atoms with Gasteiger partial charge in [0.1, 0.15) is 5.75 Å². The van der Waals surface area contributed by atoms with Gasteiger partial charge in [-0.15, -0.1) is 0 Å². The van der Waals surface area contributed by atoms with Gasteiger partial charge in [-0.1, -0.05) is 53.8 Å². The molecule has 0 radical (unpaired) electrons. The number of nitrogens with zero attached hydrogens (tertiary/aromatic N) is 3. The van der Waals surface area contributed by atoms with E-state index in [0.29, 0.717) is 26.2 Å². The third-order valence-corrected chi connectivity index (χ3v) is 6.73. The number of phenols is 1. The molecule has 1 aliphatic rings. The van der Waals surface area contributed by atoms with Crippen molar-refractivity contribution < 1.29 is 14.6 Å². The minimum atomic E-state index is -0.731. The summed E-state index contributed by atoms with van der Waals surface area (Å²) in [5.41, 5.74) is 3.69. The van der Waals surface area contributed by atoms with E-state index < -0.39 is 12.0 Å². The number of esters is 1. The molecule has 0 saturated carbocycles. The summed E-state index contributed by atoms with van der Waals surface area (Å²) in [5, 5.41) is 17.0.